The van der Waals surface area contributed by atoms with Crippen LogP contribution >= 0.6 is 0 Å². The molecule has 0 radical (unpaired) electrons. The first-order chi connectivity index (χ1) is 12.0. The van der Waals surface area contributed by atoms with Gasteiger partial charge in [0, 0.05) is 26.2 Å². The Kier molecular flexibility index (Phi) is 4.50. The monoisotopic (exact) mass is 372 g/mol. The summed E-state index contributed by atoms with van der Waals surface area (Å²) < 4.78 is 40.5. The van der Waals surface area contributed by atoms with Crippen LogP contribution in [0, 0.1) is 11.3 Å². The van der Waals surface area contributed by atoms with Crippen molar-refractivity contribution in [1.82, 2.24) is 4.98 Å². The van der Waals surface area contributed by atoms with E-state index in [1.165, 1.54) is 9.80 Å². The Morgan fingerprint density at radius 2 is 1.88 bits per heavy atom. The molecule has 7 nitrogen and oxygen atoms in total. The molecule has 0 amide bonds. The Morgan fingerprint density at radius 1 is 1.27 bits per heavy atom. The Bertz CT molecular complexity index is 737. The summed E-state index contributed by atoms with van der Waals surface area (Å²) in [6, 6.07) is 2.35. The highest BCUT2D eigenvalue weighted by Crippen LogP contribution is 2.39. The number of hydrogen-bond acceptors (Lipinski definition) is 7. The van der Waals surface area contributed by atoms with Crippen molar-refractivity contribution in [2.45, 2.75) is 37.3 Å². The van der Waals surface area contributed by atoms with E-state index in [9.17, 15) is 33.8 Å². The summed E-state index contributed by atoms with van der Waals surface area (Å²) in [5, 5.41) is 38.8. The number of anilines is 2. The van der Waals surface area contributed by atoms with Gasteiger partial charge in [0.25, 0.3) is 0 Å². The third kappa shape index (κ3) is 3.42. The molecule has 2 aliphatic rings. The summed E-state index contributed by atoms with van der Waals surface area (Å²) in [5.41, 5.74) is -2.80. The van der Waals surface area contributed by atoms with E-state index in [1.54, 1.807) is 13.0 Å². The molecule has 0 bridgehead atoms. The molecule has 2 aliphatic heterocycles. The van der Waals surface area contributed by atoms with Crippen LogP contribution in [0.15, 0.2) is 6.07 Å². The number of rotatable bonds is 2. The zero-order valence-corrected chi connectivity index (χ0v) is 14.0. The molecule has 2 saturated heterocycles. The van der Waals surface area contributed by atoms with E-state index < -0.39 is 35.1 Å². The van der Waals surface area contributed by atoms with Gasteiger partial charge in [-0.1, -0.05) is 0 Å². The molecule has 2 fully saturated rings. The second-order valence-electron chi connectivity index (χ2n) is 7.04. The Balaban J connectivity index is 2.10. The number of halogens is 3. The molecule has 0 spiro atoms. The van der Waals surface area contributed by atoms with Crippen LogP contribution in [0.5, 0.6) is 0 Å². The largest absolute Gasteiger partial charge is 0.417 e. The highest BCUT2D eigenvalue weighted by molar-refractivity contribution is 5.64. The van der Waals surface area contributed by atoms with Crippen molar-refractivity contribution in [2.75, 3.05) is 36.0 Å². The summed E-state index contributed by atoms with van der Waals surface area (Å²) in [7, 11) is 0. The van der Waals surface area contributed by atoms with E-state index in [-0.39, 0.29) is 37.8 Å². The van der Waals surface area contributed by atoms with Gasteiger partial charge >= 0.3 is 6.18 Å². The zero-order valence-electron chi connectivity index (χ0n) is 14.0. The van der Waals surface area contributed by atoms with Gasteiger partial charge in [-0.15, -0.1) is 0 Å². The molecule has 26 heavy (non-hydrogen) atoms. The topological polar surface area (TPSA) is 104 Å². The Morgan fingerprint density at radius 3 is 2.35 bits per heavy atom. The molecule has 10 heteroatoms. The fourth-order valence-electron chi connectivity index (χ4n) is 3.33. The van der Waals surface area contributed by atoms with Gasteiger partial charge in [-0.2, -0.15) is 18.4 Å². The molecule has 0 aliphatic carbocycles. The number of aromatic nitrogens is 1. The Labute approximate surface area is 147 Å². The van der Waals surface area contributed by atoms with Crippen molar-refractivity contribution in [3.05, 3.63) is 17.2 Å². The molecule has 0 unspecified atom stereocenters. The number of aliphatic hydroxyl groups excluding tert-OH is 2. The maximum atomic E-state index is 13.5. The van der Waals surface area contributed by atoms with Gasteiger partial charge in [0.05, 0.1) is 23.4 Å². The van der Waals surface area contributed by atoms with Gasteiger partial charge < -0.3 is 25.1 Å². The van der Waals surface area contributed by atoms with Crippen LogP contribution in [0.1, 0.15) is 24.5 Å². The van der Waals surface area contributed by atoms with Gasteiger partial charge in [-0.25, -0.2) is 4.98 Å². The van der Waals surface area contributed by atoms with Crippen LogP contribution in [0.2, 0.25) is 0 Å². The molecule has 3 atom stereocenters. The van der Waals surface area contributed by atoms with Crippen LogP contribution in [0.4, 0.5) is 24.8 Å². The maximum Gasteiger partial charge on any atom is 0.417 e. The number of aliphatic hydroxyl groups is 3. The lowest BCUT2D eigenvalue weighted by Gasteiger charge is -2.25. The van der Waals surface area contributed by atoms with E-state index in [0.717, 1.165) is 6.07 Å². The predicted molar refractivity (Wildman–Crippen MR) is 85.6 cm³/mol. The summed E-state index contributed by atoms with van der Waals surface area (Å²) >= 11 is 0. The molecular formula is C16H19F3N4O3. The quantitative estimate of drug-likeness (QED) is 0.694. The summed E-state index contributed by atoms with van der Waals surface area (Å²) in [5.74, 6) is -0.223. The molecule has 1 aromatic heterocycles. The fourth-order valence-corrected chi connectivity index (χ4v) is 3.33. The molecule has 3 heterocycles. The van der Waals surface area contributed by atoms with E-state index in [1.807, 2.05) is 0 Å². The second-order valence-corrected chi connectivity index (χ2v) is 7.04. The van der Waals surface area contributed by atoms with Gasteiger partial charge in [0.15, 0.2) is 0 Å². The third-order valence-electron chi connectivity index (χ3n) is 4.74. The number of pyridine rings is 1. The zero-order chi connectivity index (χ0) is 19.3. The summed E-state index contributed by atoms with van der Waals surface area (Å²) in [6.45, 7) is 1.77. The van der Waals surface area contributed by atoms with Gasteiger partial charge in [-0.05, 0) is 19.4 Å². The average molecular weight is 372 g/mol. The molecule has 0 aromatic carbocycles. The number of alkyl halides is 3. The first kappa shape index (κ1) is 18.7. The van der Waals surface area contributed by atoms with Crippen molar-refractivity contribution in [2.24, 2.45) is 0 Å². The van der Waals surface area contributed by atoms with Crippen LogP contribution < -0.4 is 9.80 Å². The average Bonchev–Trinajstić information content (AvgIpc) is 3.07. The molecule has 3 N–H and O–H groups in total. The molecule has 1 aromatic rings. The van der Waals surface area contributed by atoms with E-state index in [4.69, 9.17) is 0 Å². The fraction of sp³-hybridized carbons (Fsp3) is 0.625. The SMILES string of the molecule is C[C@]1(O)CCN(c2nc(N3C[C@@H](O)[C@@H](O)C3)cc(C(F)(F)F)c2C#N)C1. The number of β-amino-alcohol motifs (C(OH)–C–C–N with tert-alkyl or cyclic N) is 3. The van der Waals surface area contributed by atoms with E-state index in [2.05, 4.69) is 4.98 Å². The first-order valence-corrected chi connectivity index (χ1v) is 8.12. The molecular weight excluding hydrogens is 353 g/mol. The molecule has 0 saturated carbocycles. The lowest BCUT2D eigenvalue weighted by molar-refractivity contribution is -0.137. The van der Waals surface area contributed by atoms with E-state index in [0.29, 0.717) is 6.42 Å². The van der Waals surface area contributed by atoms with Crippen LogP contribution in [-0.4, -0.2) is 64.3 Å². The van der Waals surface area contributed by atoms with Crippen molar-refractivity contribution in [3.8, 4) is 6.07 Å². The first-order valence-electron chi connectivity index (χ1n) is 8.12. The second kappa shape index (κ2) is 6.26. The molecule has 142 valence electrons. The highest BCUT2D eigenvalue weighted by atomic mass is 19.4. The number of nitriles is 1. The van der Waals surface area contributed by atoms with Crippen molar-refractivity contribution < 1.29 is 28.5 Å². The highest BCUT2D eigenvalue weighted by Gasteiger charge is 2.41. The number of nitrogens with zero attached hydrogens (tertiary/aromatic N) is 4. The van der Waals surface area contributed by atoms with Gasteiger partial charge in [-0.3, -0.25) is 0 Å². The Hall–Kier alpha value is -2.09. The van der Waals surface area contributed by atoms with Crippen molar-refractivity contribution >= 4 is 11.6 Å². The predicted octanol–water partition coefficient (Wildman–Crippen LogP) is 0.475. The van der Waals surface area contributed by atoms with E-state index >= 15 is 0 Å². The smallest absolute Gasteiger partial charge is 0.389 e. The minimum Gasteiger partial charge on any atom is -0.389 e. The number of hydrogen-bond donors (Lipinski definition) is 3. The maximum absolute atomic E-state index is 13.5. The minimum absolute atomic E-state index is 0.0562. The van der Waals surface area contributed by atoms with Crippen molar-refractivity contribution in [1.29, 1.82) is 5.26 Å². The van der Waals surface area contributed by atoms with Crippen LogP contribution in [0.3, 0.4) is 0 Å². The lowest BCUT2D eigenvalue weighted by Crippen LogP contribution is -2.32. The van der Waals surface area contributed by atoms with Crippen molar-refractivity contribution in [3.63, 3.8) is 0 Å². The third-order valence-corrected chi connectivity index (χ3v) is 4.74. The standard InChI is InChI=1S/C16H19F3N4O3/c1-15(26)2-3-22(8-15)14-9(5-20)10(16(17,18)19)4-13(21-14)23-6-11(24)12(25)7-23/h4,11-12,24-26H,2-3,6-8H2,1H3/t11-,12+,15-/m0/s1. The van der Waals surface area contributed by atoms with Gasteiger partial charge in [0.2, 0.25) is 0 Å². The van der Waals surface area contributed by atoms with Gasteiger partial charge in [0.1, 0.15) is 23.3 Å². The van der Waals surface area contributed by atoms with Crippen LogP contribution in [0.25, 0.3) is 0 Å². The lowest BCUT2D eigenvalue weighted by atomic mass is 10.1. The summed E-state index contributed by atoms with van der Waals surface area (Å²) in [6.07, 6.45) is -6.60. The van der Waals surface area contributed by atoms with Crippen LogP contribution in [-0.2, 0) is 6.18 Å². The minimum atomic E-state index is -4.77. The molecule has 3 rings (SSSR count). The normalized spacial score (nSPS) is 29.3. The summed E-state index contributed by atoms with van der Waals surface area (Å²) in [4.78, 5) is 7.02.